The van der Waals surface area contributed by atoms with E-state index in [2.05, 4.69) is 17.3 Å². The topological polar surface area (TPSA) is 54.0 Å². The second kappa shape index (κ2) is 11.0. The number of hydrogen-bond donors (Lipinski definition) is 1. The normalized spacial score (nSPS) is 14.5. The molecule has 0 unspecified atom stereocenters. The Morgan fingerprint density at radius 2 is 1.83 bits per heavy atom. The fraction of sp³-hybridized carbons (Fsp3) is 0.458. The molecule has 3 rings (SSSR count). The molecule has 2 aromatic carbocycles. The minimum atomic E-state index is -0.0790. The highest BCUT2D eigenvalue weighted by Gasteiger charge is 2.18. The summed E-state index contributed by atoms with van der Waals surface area (Å²) in [5, 5.41) is 2.98. The highest BCUT2D eigenvalue weighted by atomic mass is 16.5. The quantitative estimate of drug-likeness (QED) is 0.687. The number of carbonyl (C=O) groups is 1. The lowest BCUT2D eigenvalue weighted by molar-refractivity contribution is 0.0392. The number of anilines is 1. The first kappa shape index (κ1) is 22.1. The number of nitrogens with one attached hydrogen (secondary N) is 1. The van der Waals surface area contributed by atoms with Gasteiger partial charge >= 0.3 is 0 Å². The number of ether oxygens (including phenoxy) is 2. The Morgan fingerprint density at radius 1 is 1.10 bits per heavy atom. The van der Waals surface area contributed by atoms with E-state index in [4.69, 9.17) is 9.47 Å². The van der Waals surface area contributed by atoms with Crippen LogP contribution in [-0.4, -0.2) is 64.4 Å². The average molecular weight is 412 g/mol. The zero-order valence-electron chi connectivity index (χ0n) is 18.3. The number of hydrogen-bond acceptors (Lipinski definition) is 5. The maximum Gasteiger partial charge on any atom is 0.251 e. The first-order valence-electron chi connectivity index (χ1n) is 10.6. The Bertz CT molecular complexity index is 802. The lowest BCUT2D eigenvalue weighted by Gasteiger charge is -2.31. The summed E-state index contributed by atoms with van der Waals surface area (Å²) < 4.78 is 11.4. The van der Waals surface area contributed by atoms with Crippen molar-refractivity contribution in [1.29, 1.82) is 0 Å². The van der Waals surface area contributed by atoms with Crippen molar-refractivity contribution in [3.63, 3.8) is 0 Å². The predicted molar refractivity (Wildman–Crippen MR) is 120 cm³/mol. The molecule has 0 aromatic heterocycles. The molecule has 1 N–H and O–H groups in total. The van der Waals surface area contributed by atoms with E-state index in [0.717, 1.165) is 49.6 Å². The summed E-state index contributed by atoms with van der Waals surface area (Å²) >= 11 is 0. The third kappa shape index (κ3) is 6.47. The molecule has 6 heteroatoms. The smallest absolute Gasteiger partial charge is 0.251 e. The lowest BCUT2D eigenvalue weighted by Crippen LogP contribution is -2.38. The Labute approximate surface area is 179 Å². The standard InChI is InChI=1S/C24H33N3O3/c1-26(2)21-9-7-20(8-10-21)24(28)25-18-19-5-4-6-23(17-19)30-16-13-27(3)22-11-14-29-15-12-22/h4-10,17,22H,11-16,18H2,1-3H3,(H,25,28). The second-order valence-corrected chi connectivity index (χ2v) is 7.94. The molecule has 1 aliphatic heterocycles. The van der Waals surface area contributed by atoms with Crippen LogP contribution in [-0.2, 0) is 11.3 Å². The van der Waals surface area contributed by atoms with Gasteiger partial charge in [0.25, 0.3) is 5.91 Å². The summed E-state index contributed by atoms with van der Waals surface area (Å²) in [5.41, 5.74) is 2.74. The third-order valence-electron chi connectivity index (χ3n) is 5.52. The zero-order chi connectivity index (χ0) is 21.3. The zero-order valence-corrected chi connectivity index (χ0v) is 18.3. The van der Waals surface area contributed by atoms with Crippen molar-refractivity contribution >= 4 is 11.6 Å². The molecule has 0 bridgehead atoms. The Kier molecular flexibility index (Phi) is 8.11. The van der Waals surface area contributed by atoms with Crippen LogP contribution in [0, 0.1) is 0 Å². The van der Waals surface area contributed by atoms with E-state index in [1.54, 1.807) is 0 Å². The molecular formula is C24H33N3O3. The van der Waals surface area contributed by atoms with E-state index in [0.29, 0.717) is 24.8 Å². The molecule has 6 nitrogen and oxygen atoms in total. The highest BCUT2D eigenvalue weighted by molar-refractivity contribution is 5.94. The van der Waals surface area contributed by atoms with Crippen molar-refractivity contribution in [2.75, 3.05) is 52.4 Å². The van der Waals surface area contributed by atoms with Crippen molar-refractivity contribution in [2.24, 2.45) is 0 Å². The molecule has 0 radical (unpaired) electrons. The van der Waals surface area contributed by atoms with Gasteiger partial charge in [-0.3, -0.25) is 9.69 Å². The Morgan fingerprint density at radius 3 is 2.53 bits per heavy atom. The first-order valence-corrected chi connectivity index (χ1v) is 10.6. The monoisotopic (exact) mass is 411 g/mol. The summed E-state index contributed by atoms with van der Waals surface area (Å²) in [4.78, 5) is 16.8. The van der Waals surface area contributed by atoms with Gasteiger partial charge in [-0.1, -0.05) is 12.1 Å². The number of benzene rings is 2. The van der Waals surface area contributed by atoms with Gasteiger partial charge < -0.3 is 19.7 Å². The van der Waals surface area contributed by atoms with Crippen molar-refractivity contribution < 1.29 is 14.3 Å². The fourth-order valence-electron chi connectivity index (χ4n) is 3.56. The average Bonchev–Trinajstić information content (AvgIpc) is 2.78. The van der Waals surface area contributed by atoms with Crippen LogP contribution in [0.5, 0.6) is 5.75 Å². The van der Waals surface area contributed by atoms with Crippen molar-refractivity contribution in [3.05, 3.63) is 59.7 Å². The van der Waals surface area contributed by atoms with Gasteiger partial charge in [0.15, 0.2) is 0 Å². The lowest BCUT2D eigenvalue weighted by atomic mass is 10.1. The van der Waals surface area contributed by atoms with Gasteiger partial charge in [-0.05, 0) is 61.9 Å². The number of nitrogens with zero attached hydrogens (tertiary/aromatic N) is 2. The molecule has 2 aromatic rings. The minimum Gasteiger partial charge on any atom is -0.492 e. The van der Waals surface area contributed by atoms with Crippen LogP contribution in [0.3, 0.4) is 0 Å². The summed E-state index contributed by atoms with van der Waals surface area (Å²) in [6.07, 6.45) is 2.17. The van der Waals surface area contributed by atoms with E-state index in [1.165, 1.54) is 0 Å². The molecular weight excluding hydrogens is 378 g/mol. The van der Waals surface area contributed by atoms with Gasteiger partial charge in [0.05, 0.1) is 0 Å². The van der Waals surface area contributed by atoms with E-state index >= 15 is 0 Å². The number of likely N-dealkylation sites (N-methyl/N-ethyl adjacent to an activating group) is 1. The second-order valence-electron chi connectivity index (χ2n) is 7.94. The van der Waals surface area contributed by atoms with Gasteiger partial charge in [-0.15, -0.1) is 0 Å². The van der Waals surface area contributed by atoms with E-state index < -0.39 is 0 Å². The van der Waals surface area contributed by atoms with Crippen LogP contribution in [0.15, 0.2) is 48.5 Å². The van der Waals surface area contributed by atoms with Gasteiger partial charge in [0.1, 0.15) is 12.4 Å². The Balaban J connectivity index is 1.44. The van der Waals surface area contributed by atoms with Gasteiger partial charge in [0.2, 0.25) is 0 Å². The van der Waals surface area contributed by atoms with E-state index in [9.17, 15) is 4.79 Å². The number of rotatable bonds is 9. The van der Waals surface area contributed by atoms with E-state index in [-0.39, 0.29) is 5.91 Å². The van der Waals surface area contributed by atoms with E-state index in [1.807, 2.05) is 67.5 Å². The van der Waals surface area contributed by atoms with Gasteiger partial charge in [-0.25, -0.2) is 0 Å². The molecule has 30 heavy (non-hydrogen) atoms. The molecule has 0 spiro atoms. The third-order valence-corrected chi connectivity index (χ3v) is 5.52. The van der Waals surface area contributed by atoms with Crippen LogP contribution in [0.4, 0.5) is 5.69 Å². The fourth-order valence-corrected chi connectivity index (χ4v) is 3.56. The minimum absolute atomic E-state index is 0.0790. The summed E-state index contributed by atoms with van der Waals surface area (Å²) in [6, 6.07) is 16.1. The molecule has 0 atom stereocenters. The highest BCUT2D eigenvalue weighted by Crippen LogP contribution is 2.16. The summed E-state index contributed by atoms with van der Waals surface area (Å²) in [7, 11) is 6.11. The van der Waals surface area contributed by atoms with Crippen molar-refractivity contribution in [3.8, 4) is 5.75 Å². The number of carbonyl (C=O) groups excluding carboxylic acids is 1. The summed E-state index contributed by atoms with van der Waals surface area (Å²) in [6.45, 7) is 3.69. The van der Waals surface area contributed by atoms with Crippen LogP contribution >= 0.6 is 0 Å². The maximum absolute atomic E-state index is 12.4. The largest absolute Gasteiger partial charge is 0.492 e. The molecule has 1 amide bonds. The maximum atomic E-state index is 12.4. The molecule has 1 saturated heterocycles. The molecule has 0 saturated carbocycles. The van der Waals surface area contributed by atoms with Crippen LogP contribution in [0.2, 0.25) is 0 Å². The van der Waals surface area contributed by atoms with Crippen molar-refractivity contribution in [2.45, 2.75) is 25.4 Å². The van der Waals surface area contributed by atoms with Crippen molar-refractivity contribution in [1.82, 2.24) is 10.2 Å². The Hall–Kier alpha value is -2.57. The summed E-state index contributed by atoms with van der Waals surface area (Å²) in [5.74, 6) is 0.752. The first-order chi connectivity index (χ1) is 14.5. The van der Waals surface area contributed by atoms with Gasteiger partial charge in [0, 0.05) is 57.7 Å². The van der Waals surface area contributed by atoms with Crippen LogP contribution in [0.25, 0.3) is 0 Å². The number of amides is 1. The molecule has 1 aliphatic rings. The molecule has 1 heterocycles. The van der Waals surface area contributed by atoms with Gasteiger partial charge in [-0.2, -0.15) is 0 Å². The predicted octanol–water partition coefficient (Wildman–Crippen LogP) is 3.17. The molecule has 1 fully saturated rings. The SMILES string of the molecule is CN(C)c1ccc(C(=O)NCc2cccc(OCCN(C)C3CCOCC3)c2)cc1. The van der Waals surface area contributed by atoms with Crippen LogP contribution < -0.4 is 15.0 Å². The van der Waals surface area contributed by atoms with Crippen LogP contribution in [0.1, 0.15) is 28.8 Å². The molecule has 0 aliphatic carbocycles. The molecule has 162 valence electrons.